The van der Waals surface area contributed by atoms with Gasteiger partial charge in [-0.3, -0.25) is 9.55 Å². The number of para-hydroxylation sites is 2. The van der Waals surface area contributed by atoms with Crippen molar-refractivity contribution in [2.45, 2.75) is 0 Å². The fourth-order valence-corrected chi connectivity index (χ4v) is 7.39. The smallest absolute Gasteiger partial charge is 0.164 e. The molecule has 3 heterocycles. The zero-order valence-electron chi connectivity index (χ0n) is 30.9. The van der Waals surface area contributed by atoms with E-state index in [0.29, 0.717) is 5.82 Å². The lowest BCUT2D eigenvalue weighted by atomic mass is 9.98. The number of nitrogens with zero attached hydrogens (tertiary/aromatic N) is 5. The summed E-state index contributed by atoms with van der Waals surface area (Å²) in [6.07, 6.45) is 1.81. The van der Waals surface area contributed by atoms with Gasteiger partial charge in [0.15, 0.2) is 11.6 Å². The molecular weight excluding hydrogens is 695 g/mol. The lowest BCUT2D eigenvalue weighted by molar-refractivity contribution is 1.08. The zero-order chi connectivity index (χ0) is 38.0. The maximum Gasteiger partial charge on any atom is 0.164 e. The van der Waals surface area contributed by atoms with Crippen LogP contribution < -0.4 is 0 Å². The molecule has 0 spiro atoms. The maximum absolute atomic E-state index is 5.07. The Morgan fingerprint density at radius 2 is 0.825 bits per heavy atom. The van der Waals surface area contributed by atoms with Crippen molar-refractivity contribution in [3.8, 4) is 84.5 Å². The van der Waals surface area contributed by atoms with E-state index in [9.17, 15) is 0 Å². The molecular formula is C52H35N5. The third-order valence-electron chi connectivity index (χ3n) is 10.3. The van der Waals surface area contributed by atoms with Crippen LogP contribution in [0.5, 0.6) is 0 Å². The molecule has 268 valence electrons. The number of hydrogen-bond acceptors (Lipinski definition) is 4. The van der Waals surface area contributed by atoms with Crippen molar-refractivity contribution in [1.82, 2.24) is 24.5 Å². The van der Waals surface area contributed by atoms with Crippen LogP contribution in [0.2, 0.25) is 0 Å². The first kappa shape index (κ1) is 33.8. The molecule has 0 saturated heterocycles. The van der Waals surface area contributed by atoms with Gasteiger partial charge in [-0.2, -0.15) is 0 Å². The highest BCUT2D eigenvalue weighted by Crippen LogP contribution is 2.33. The van der Waals surface area contributed by atoms with Crippen molar-refractivity contribution in [3.63, 3.8) is 0 Å². The first-order valence-electron chi connectivity index (χ1n) is 19.0. The van der Waals surface area contributed by atoms with Gasteiger partial charge in [0.1, 0.15) is 5.69 Å². The van der Waals surface area contributed by atoms with Gasteiger partial charge in [-0.15, -0.1) is 0 Å². The van der Waals surface area contributed by atoms with Gasteiger partial charge in [-0.1, -0.05) is 158 Å². The molecule has 5 heteroatoms. The van der Waals surface area contributed by atoms with Crippen LogP contribution in [0.25, 0.3) is 95.5 Å². The fourth-order valence-electron chi connectivity index (χ4n) is 7.39. The number of rotatable bonds is 8. The van der Waals surface area contributed by atoms with Crippen molar-refractivity contribution in [1.29, 1.82) is 0 Å². The van der Waals surface area contributed by atoms with Crippen molar-refractivity contribution in [2.75, 3.05) is 0 Å². The first-order valence-corrected chi connectivity index (χ1v) is 19.0. The van der Waals surface area contributed by atoms with Gasteiger partial charge in [0.25, 0.3) is 0 Å². The van der Waals surface area contributed by atoms with E-state index in [1.807, 2.05) is 66.9 Å². The van der Waals surface area contributed by atoms with E-state index >= 15 is 0 Å². The monoisotopic (exact) mass is 729 g/mol. The van der Waals surface area contributed by atoms with Crippen LogP contribution in [-0.2, 0) is 0 Å². The molecule has 0 bridgehead atoms. The van der Waals surface area contributed by atoms with Crippen molar-refractivity contribution < 1.29 is 0 Å². The minimum absolute atomic E-state index is 0.702. The average Bonchev–Trinajstić information content (AvgIpc) is 3.70. The topological polar surface area (TPSA) is 56.5 Å². The molecule has 5 nitrogen and oxygen atoms in total. The summed E-state index contributed by atoms with van der Waals surface area (Å²) in [6, 6.07) is 71.5. The summed E-state index contributed by atoms with van der Waals surface area (Å²) in [7, 11) is 0. The fraction of sp³-hybridized carbons (Fsp3) is 0. The molecule has 0 aliphatic rings. The maximum atomic E-state index is 5.07. The molecule has 0 atom stereocenters. The van der Waals surface area contributed by atoms with E-state index in [1.165, 1.54) is 5.56 Å². The molecule has 3 aromatic heterocycles. The van der Waals surface area contributed by atoms with Gasteiger partial charge in [-0.05, 0) is 81.9 Å². The van der Waals surface area contributed by atoms with Crippen LogP contribution in [0.4, 0.5) is 0 Å². The summed E-state index contributed by atoms with van der Waals surface area (Å²) in [4.78, 5) is 19.7. The summed E-state index contributed by atoms with van der Waals surface area (Å²) in [5.74, 6) is 1.53. The number of imidazole rings is 1. The van der Waals surface area contributed by atoms with Crippen LogP contribution in [0, 0.1) is 0 Å². The highest BCUT2D eigenvalue weighted by Gasteiger charge is 2.16. The van der Waals surface area contributed by atoms with Gasteiger partial charge in [0, 0.05) is 28.6 Å². The van der Waals surface area contributed by atoms with E-state index < -0.39 is 0 Å². The first-order chi connectivity index (χ1) is 28.2. The Balaban J connectivity index is 0.927. The summed E-state index contributed by atoms with van der Waals surface area (Å²) in [5.41, 5.74) is 15.6. The number of pyridine rings is 1. The second-order valence-electron chi connectivity index (χ2n) is 14.0. The molecule has 7 aromatic carbocycles. The minimum atomic E-state index is 0.702. The zero-order valence-corrected chi connectivity index (χ0v) is 30.9. The molecule has 10 aromatic rings. The lowest BCUT2D eigenvalue weighted by Gasteiger charge is -2.12. The van der Waals surface area contributed by atoms with Crippen molar-refractivity contribution in [3.05, 3.63) is 212 Å². The normalized spacial score (nSPS) is 11.2. The third kappa shape index (κ3) is 6.79. The SMILES string of the molecule is c1ccc(-c2cccc(-c3cc(-c4ccc(-c5ccc(-c6ccc(-n7c(-c8ccccn8)nc8ccccc87)cc6)cc5)cc4)nc(-c4ccccc4)n3)c2)cc1. The summed E-state index contributed by atoms with van der Waals surface area (Å²) < 4.78 is 2.18. The molecule has 57 heavy (non-hydrogen) atoms. The number of hydrogen-bond donors (Lipinski definition) is 0. The van der Waals surface area contributed by atoms with Crippen molar-refractivity contribution >= 4 is 11.0 Å². The van der Waals surface area contributed by atoms with E-state index in [1.54, 1.807) is 0 Å². The van der Waals surface area contributed by atoms with Gasteiger partial charge in [0.2, 0.25) is 0 Å². The van der Waals surface area contributed by atoms with E-state index in [-0.39, 0.29) is 0 Å². The minimum Gasteiger partial charge on any atom is -0.291 e. The largest absolute Gasteiger partial charge is 0.291 e. The van der Waals surface area contributed by atoms with Crippen LogP contribution in [0.3, 0.4) is 0 Å². The van der Waals surface area contributed by atoms with Crippen LogP contribution >= 0.6 is 0 Å². The average molecular weight is 730 g/mol. The molecule has 0 saturated carbocycles. The molecule has 0 aliphatic carbocycles. The number of benzene rings is 7. The second kappa shape index (κ2) is 14.8. The Morgan fingerprint density at radius 1 is 0.316 bits per heavy atom. The van der Waals surface area contributed by atoms with E-state index in [0.717, 1.165) is 84.1 Å². The molecule has 0 amide bonds. The third-order valence-corrected chi connectivity index (χ3v) is 10.3. The van der Waals surface area contributed by atoms with Gasteiger partial charge >= 0.3 is 0 Å². The summed E-state index contributed by atoms with van der Waals surface area (Å²) in [6.45, 7) is 0. The van der Waals surface area contributed by atoms with Crippen LogP contribution in [-0.4, -0.2) is 24.5 Å². The Bertz CT molecular complexity index is 2960. The Hall–Kier alpha value is -7.76. The standard InChI is InChI=1S/C52H35N5/c1-3-12-36(13-4-1)43-16-11-17-44(34-43)49-35-48(54-51(55-49)42-14-5-2-6-15-42)41-27-25-39(26-28-41)37-21-23-38(24-22-37)40-29-31-45(32-30-40)57-50-20-8-7-18-46(50)56-52(57)47-19-9-10-33-53-47/h1-35H. The van der Waals surface area contributed by atoms with Crippen molar-refractivity contribution in [2.24, 2.45) is 0 Å². The van der Waals surface area contributed by atoms with Crippen LogP contribution in [0.1, 0.15) is 0 Å². The predicted molar refractivity (Wildman–Crippen MR) is 233 cm³/mol. The number of aromatic nitrogens is 5. The molecule has 10 rings (SSSR count). The lowest BCUT2D eigenvalue weighted by Crippen LogP contribution is -1.98. The summed E-state index contributed by atoms with van der Waals surface area (Å²) in [5, 5.41) is 0. The van der Waals surface area contributed by atoms with Gasteiger partial charge in [-0.25, -0.2) is 15.0 Å². The predicted octanol–water partition coefficient (Wildman–Crippen LogP) is 12.9. The van der Waals surface area contributed by atoms with Gasteiger partial charge in [0.05, 0.1) is 22.4 Å². The Morgan fingerprint density at radius 3 is 1.47 bits per heavy atom. The Kier molecular flexibility index (Phi) is 8.78. The van der Waals surface area contributed by atoms with Crippen LogP contribution in [0.15, 0.2) is 212 Å². The van der Waals surface area contributed by atoms with Gasteiger partial charge < -0.3 is 0 Å². The molecule has 0 aliphatic heterocycles. The second-order valence-corrected chi connectivity index (χ2v) is 14.0. The van der Waals surface area contributed by atoms with E-state index in [4.69, 9.17) is 15.0 Å². The molecule has 0 unspecified atom stereocenters. The molecule has 0 fully saturated rings. The molecule has 0 radical (unpaired) electrons. The number of fused-ring (bicyclic) bond motifs is 1. The summed E-state index contributed by atoms with van der Waals surface area (Å²) >= 11 is 0. The quantitative estimate of drug-likeness (QED) is 0.156. The molecule has 0 N–H and O–H groups in total. The highest BCUT2D eigenvalue weighted by atomic mass is 15.1. The Labute approximate surface area is 331 Å². The highest BCUT2D eigenvalue weighted by molar-refractivity contribution is 5.83. The van der Waals surface area contributed by atoms with E-state index in [2.05, 4.69) is 155 Å².